The Balaban J connectivity index is 1.79. The van der Waals surface area contributed by atoms with Gasteiger partial charge in [-0.2, -0.15) is 0 Å². The molecule has 0 aromatic heterocycles. The number of fused-ring (bicyclic) bond motifs is 2. The van der Waals surface area contributed by atoms with E-state index in [-0.39, 0.29) is 11.5 Å². The van der Waals surface area contributed by atoms with Gasteiger partial charge in [0.15, 0.2) is 0 Å². The SMILES string of the molecule is C=C(CCCN1c2cc3c(cc2C(C)CC1(C)C)CC(C(=C)OCC)C(=C)C3)NCCCC. The molecule has 1 aromatic carbocycles. The molecular formula is C30H46N2O. The van der Waals surface area contributed by atoms with E-state index in [9.17, 15) is 0 Å². The number of hydrogen-bond donors (Lipinski definition) is 1. The van der Waals surface area contributed by atoms with Gasteiger partial charge in [-0.3, -0.25) is 0 Å². The van der Waals surface area contributed by atoms with Crippen LogP contribution in [0.4, 0.5) is 5.69 Å². The van der Waals surface area contributed by atoms with Gasteiger partial charge in [-0.1, -0.05) is 51.6 Å². The van der Waals surface area contributed by atoms with Gasteiger partial charge in [0.2, 0.25) is 0 Å². The van der Waals surface area contributed by atoms with Crippen molar-refractivity contribution in [1.29, 1.82) is 0 Å². The van der Waals surface area contributed by atoms with E-state index in [0.717, 1.165) is 44.5 Å². The quantitative estimate of drug-likeness (QED) is 0.218. The highest BCUT2D eigenvalue weighted by Gasteiger charge is 2.37. The monoisotopic (exact) mass is 450 g/mol. The molecule has 33 heavy (non-hydrogen) atoms. The van der Waals surface area contributed by atoms with Crippen molar-refractivity contribution in [2.45, 2.75) is 91.0 Å². The van der Waals surface area contributed by atoms with Gasteiger partial charge in [0.1, 0.15) is 0 Å². The Bertz CT molecular complexity index is 882. The molecule has 2 atom stereocenters. The van der Waals surface area contributed by atoms with Crippen LogP contribution in [0.25, 0.3) is 0 Å². The summed E-state index contributed by atoms with van der Waals surface area (Å²) in [6.45, 7) is 27.1. The summed E-state index contributed by atoms with van der Waals surface area (Å²) in [6.07, 6.45) is 7.63. The normalized spacial score (nSPS) is 21.2. The number of rotatable bonds is 11. The summed E-state index contributed by atoms with van der Waals surface area (Å²) in [6, 6.07) is 4.96. The van der Waals surface area contributed by atoms with E-state index in [2.05, 4.69) is 69.8 Å². The molecule has 182 valence electrons. The van der Waals surface area contributed by atoms with Gasteiger partial charge < -0.3 is 15.0 Å². The van der Waals surface area contributed by atoms with Crippen molar-refractivity contribution in [3.05, 3.63) is 65.6 Å². The Hall–Kier alpha value is -2.16. The molecular weight excluding hydrogens is 404 g/mol. The first-order valence-electron chi connectivity index (χ1n) is 13.0. The second-order valence-electron chi connectivity index (χ2n) is 10.7. The fraction of sp³-hybridized carbons (Fsp3) is 0.600. The highest BCUT2D eigenvalue weighted by molar-refractivity contribution is 5.64. The summed E-state index contributed by atoms with van der Waals surface area (Å²) in [5.74, 6) is 1.66. The van der Waals surface area contributed by atoms with Crippen LogP contribution in [0.2, 0.25) is 0 Å². The second kappa shape index (κ2) is 10.8. The van der Waals surface area contributed by atoms with Gasteiger partial charge in [0.25, 0.3) is 0 Å². The topological polar surface area (TPSA) is 24.5 Å². The summed E-state index contributed by atoms with van der Waals surface area (Å²) in [5.41, 5.74) is 8.36. The minimum Gasteiger partial charge on any atom is -0.498 e. The lowest BCUT2D eigenvalue weighted by atomic mass is 9.74. The lowest BCUT2D eigenvalue weighted by molar-refractivity contribution is 0.199. The first kappa shape index (κ1) is 25.5. The molecule has 0 radical (unpaired) electrons. The Morgan fingerprint density at radius 1 is 1.18 bits per heavy atom. The lowest BCUT2D eigenvalue weighted by Crippen LogP contribution is -2.49. The van der Waals surface area contributed by atoms with Crippen molar-refractivity contribution in [1.82, 2.24) is 5.32 Å². The van der Waals surface area contributed by atoms with Crippen LogP contribution < -0.4 is 10.2 Å². The summed E-state index contributed by atoms with van der Waals surface area (Å²) >= 11 is 0. The molecule has 1 heterocycles. The Morgan fingerprint density at radius 3 is 2.64 bits per heavy atom. The fourth-order valence-electron chi connectivity index (χ4n) is 5.74. The zero-order chi connectivity index (χ0) is 24.2. The molecule has 3 rings (SSSR count). The second-order valence-corrected chi connectivity index (χ2v) is 10.7. The third-order valence-electron chi connectivity index (χ3n) is 7.53. The Morgan fingerprint density at radius 2 is 1.94 bits per heavy atom. The first-order valence-corrected chi connectivity index (χ1v) is 13.0. The maximum atomic E-state index is 5.76. The molecule has 3 heteroatoms. The molecule has 2 aliphatic rings. The number of nitrogens with one attached hydrogen (secondary N) is 1. The average molecular weight is 451 g/mol. The molecule has 0 saturated heterocycles. The Labute approximate surface area is 203 Å². The highest BCUT2D eigenvalue weighted by Crippen LogP contribution is 2.46. The van der Waals surface area contributed by atoms with E-state index in [0.29, 0.717) is 12.5 Å². The van der Waals surface area contributed by atoms with E-state index in [1.807, 2.05) is 6.92 Å². The van der Waals surface area contributed by atoms with E-state index in [1.165, 1.54) is 52.9 Å². The largest absolute Gasteiger partial charge is 0.498 e. The number of nitrogens with zero attached hydrogens (tertiary/aromatic N) is 1. The standard InChI is InChI=1S/C30H46N2O/c1-9-11-14-31-23(5)13-12-15-32-29-19-25-16-21(3)27(24(6)33-10-2)17-26(25)18-28(29)22(4)20-30(32,7)8/h18-19,22,27,31H,3,5-6,9-17,20H2,1-2,4,7-8H3. The van der Waals surface area contributed by atoms with Gasteiger partial charge >= 0.3 is 0 Å². The van der Waals surface area contributed by atoms with Crippen molar-refractivity contribution in [3.8, 4) is 0 Å². The van der Waals surface area contributed by atoms with Gasteiger partial charge in [-0.15, -0.1) is 0 Å². The number of ether oxygens (including phenoxy) is 1. The van der Waals surface area contributed by atoms with Gasteiger partial charge in [-0.25, -0.2) is 0 Å². The molecule has 0 amide bonds. The predicted octanol–water partition coefficient (Wildman–Crippen LogP) is 7.28. The highest BCUT2D eigenvalue weighted by atomic mass is 16.5. The molecule has 0 saturated carbocycles. The number of hydrogen-bond acceptors (Lipinski definition) is 3. The van der Waals surface area contributed by atoms with Crippen molar-refractivity contribution in [2.24, 2.45) is 5.92 Å². The summed E-state index contributed by atoms with van der Waals surface area (Å²) in [7, 11) is 0. The van der Waals surface area contributed by atoms with Crippen LogP contribution in [-0.2, 0) is 17.6 Å². The van der Waals surface area contributed by atoms with E-state index >= 15 is 0 Å². The third kappa shape index (κ3) is 5.86. The van der Waals surface area contributed by atoms with Crippen molar-refractivity contribution >= 4 is 5.69 Å². The predicted molar refractivity (Wildman–Crippen MR) is 143 cm³/mol. The van der Waals surface area contributed by atoms with Crippen molar-refractivity contribution < 1.29 is 4.74 Å². The van der Waals surface area contributed by atoms with E-state index < -0.39 is 0 Å². The lowest BCUT2D eigenvalue weighted by Gasteiger charge is -2.48. The molecule has 1 aliphatic heterocycles. The van der Waals surface area contributed by atoms with Crippen LogP contribution in [0.3, 0.4) is 0 Å². The molecule has 1 N–H and O–H groups in total. The van der Waals surface area contributed by atoms with Crippen LogP contribution in [-0.4, -0.2) is 25.2 Å². The minimum absolute atomic E-state index is 0.148. The summed E-state index contributed by atoms with van der Waals surface area (Å²) < 4.78 is 5.76. The maximum Gasteiger partial charge on any atom is 0.0962 e. The van der Waals surface area contributed by atoms with Crippen molar-refractivity contribution in [3.63, 3.8) is 0 Å². The molecule has 3 nitrogen and oxygen atoms in total. The van der Waals surface area contributed by atoms with Crippen molar-refractivity contribution in [2.75, 3.05) is 24.6 Å². The number of allylic oxidation sites excluding steroid dienone is 2. The molecule has 0 fully saturated rings. The third-order valence-corrected chi connectivity index (χ3v) is 7.53. The smallest absolute Gasteiger partial charge is 0.0962 e. The number of benzene rings is 1. The molecule has 0 bridgehead atoms. The minimum atomic E-state index is 0.148. The van der Waals surface area contributed by atoms with Crippen LogP contribution in [0.15, 0.2) is 48.9 Å². The summed E-state index contributed by atoms with van der Waals surface area (Å²) in [5, 5.41) is 3.50. The number of anilines is 1. The van der Waals surface area contributed by atoms with E-state index in [1.54, 1.807) is 0 Å². The zero-order valence-electron chi connectivity index (χ0n) is 21.9. The van der Waals surface area contributed by atoms with E-state index in [4.69, 9.17) is 4.74 Å². The molecule has 0 spiro atoms. The van der Waals surface area contributed by atoms with Crippen LogP contribution in [0.1, 0.15) is 89.3 Å². The number of unbranched alkanes of at least 4 members (excludes halogenated alkanes) is 1. The summed E-state index contributed by atoms with van der Waals surface area (Å²) in [4.78, 5) is 2.66. The van der Waals surface area contributed by atoms with Crippen LogP contribution >= 0.6 is 0 Å². The fourth-order valence-corrected chi connectivity index (χ4v) is 5.74. The molecule has 2 unspecified atom stereocenters. The molecule has 1 aromatic rings. The zero-order valence-corrected chi connectivity index (χ0v) is 21.9. The molecule has 1 aliphatic carbocycles. The van der Waals surface area contributed by atoms with Gasteiger partial charge in [0, 0.05) is 35.9 Å². The van der Waals surface area contributed by atoms with Crippen LogP contribution in [0, 0.1) is 5.92 Å². The van der Waals surface area contributed by atoms with Gasteiger partial charge in [0.05, 0.1) is 12.4 Å². The van der Waals surface area contributed by atoms with Crippen LogP contribution in [0.5, 0.6) is 0 Å². The maximum absolute atomic E-state index is 5.76. The Kier molecular flexibility index (Phi) is 8.37. The average Bonchev–Trinajstić information content (AvgIpc) is 2.74. The first-order chi connectivity index (χ1) is 15.7. The van der Waals surface area contributed by atoms with Gasteiger partial charge in [-0.05, 0) is 88.0 Å².